The molecule has 3 rings (SSSR count). The number of carbonyl (C=O) groups is 5. The monoisotopic (exact) mass is 635 g/mol. The van der Waals surface area contributed by atoms with E-state index in [1.165, 1.54) is 20.8 Å². The van der Waals surface area contributed by atoms with Gasteiger partial charge in [0.25, 0.3) is 0 Å². The van der Waals surface area contributed by atoms with Crippen LogP contribution in [0.15, 0.2) is 0 Å². The topological polar surface area (TPSA) is 301 Å². The fourth-order valence-electron chi connectivity index (χ4n) is 5.02. The number of carboxylic acid groups (broad SMARTS) is 1. The lowest BCUT2D eigenvalue weighted by Crippen LogP contribution is -2.67. The van der Waals surface area contributed by atoms with Crippen LogP contribution in [0, 0.1) is 0 Å². The number of nitrogens with two attached hydrogens (primary N) is 2. The van der Waals surface area contributed by atoms with Crippen LogP contribution in [-0.2, 0) is 47.7 Å². The molecule has 0 aromatic carbocycles. The lowest BCUT2D eigenvalue weighted by atomic mass is 9.95. The minimum Gasteiger partial charge on any atom is -0.481 e. The van der Waals surface area contributed by atoms with E-state index in [4.69, 9.17) is 40.3 Å². The molecule has 44 heavy (non-hydrogen) atoms. The van der Waals surface area contributed by atoms with Gasteiger partial charge in [0.1, 0.15) is 60.9 Å². The van der Waals surface area contributed by atoms with E-state index in [-0.39, 0.29) is 13.0 Å². The molecule has 250 valence electrons. The zero-order valence-electron chi connectivity index (χ0n) is 24.4. The highest BCUT2D eigenvalue weighted by Gasteiger charge is 2.54. The van der Waals surface area contributed by atoms with Crippen LogP contribution in [0.25, 0.3) is 0 Å². The summed E-state index contributed by atoms with van der Waals surface area (Å²) in [5.74, 6) is -4.26. The Morgan fingerprint density at radius 1 is 1.02 bits per heavy atom. The van der Waals surface area contributed by atoms with Gasteiger partial charge in [0.05, 0.1) is 19.3 Å². The van der Waals surface area contributed by atoms with E-state index in [0.717, 1.165) is 0 Å². The molecular formula is C25H41N5O14. The molecule has 0 saturated carbocycles. The van der Waals surface area contributed by atoms with Crippen molar-refractivity contribution in [1.82, 2.24) is 16.0 Å². The average Bonchev–Trinajstić information content (AvgIpc) is 3.41. The number of aliphatic carboxylic acids is 1. The summed E-state index contributed by atoms with van der Waals surface area (Å²) < 4.78 is 29.1. The predicted octanol–water partition coefficient (Wildman–Crippen LogP) is -5.49. The molecule has 0 radical (unpaired) electrons. The molecule has 3 fully saturated rings. The summed E-state index contributed by atoms with van der Waals surface area (Å²) in [6.07, 6.45) is -11.7. The van der Waals surface area contributed by atoms with Crippen LogP contribution in [0.1, 0.15) is 33.6 Å². The molecule has 4 amide bonds. The highest BCUT2D eigenvalue weighted by Crippen LogP contribution is 2.34. The van der Waals surface area contributed by atoms with Crippen molar-refractivity contribution in [2.75, 3.05) is 13.2 Å². The van der Waals surface area contributed by atoms with E-state index in [0.29, 0.717) is 0 Å². The Bertz CT molecular complexity index is 1070. The second-order valence-corrected chi connectivity index (χ2v) is 10.9. The van der Waals surface area contributed by atoms with Crippen LogP contribution in [0.3, 0.4) is 0 Å². The maximum absolute atomic E-state index is 13.0. The van der Waals surface area contributed by atoms with Gasteiger partial charge in [-0.3, -0.25) is 24.0 Å². The van der Waals surface area contributed by atoms with Gasteiger partial charge in [0.15, 0.2) is 12.6 Å². The van der Waals surface area contributed by atoms with E-state index >= 15 is 0 Å². The number of ether oxygens (including phenoxy) is 5. The van der Waals surface area contributed by atoms with Crippen molar-refractivity contribution < 1.29 is 68.1 Å². The molecule has 3 aliphatic heterocycles. The van der Waals surface area contributed by atoms with Crippen molar-refractivity contribution in [3.05, 3.63) is 0 Å². The van der Waals surface area contributed by atoms with E-state index in [1.807, 2.05) is 0 Å². The van der Waals surface area contributed by atoms with Gasteiger partial charge >= 0.3 is 5.97 Å². The molecular weight excluding hydrogens is 594 g/mol. The van der Waals surface area contributed by atoms with E-state index < -0.39 is 122 Å². The minimum atomic E-state index is -1.59. The zero-order valence-corrected chi connectivity index (χ0v) is 24.4. The molecule has 11 N–H and O–H groups in total. The van der Waals surface area contributed by atoms with Crippen molar-refractivity contribution in [3.8, 4) is 0 Å². The van der Waals surface area contributed by atoms with Crippen molar-refractivity contribution >= 4 is 29.6 Å². The summed E-state index contributed by atoms with van der Waals surface area (Å²) in [6, 6.07) is -4.74. The average molecular weight is 636 g/mol. The van der Waals surface area contributed by atoms with Crippen LogP contribution >= 0.6 is 0 Å². The number of primary amides is 1. The van der Waals surface area contributed by atoms with Crippen LogP contribution in [0.2, 0.25) is 0 Å². The van der Waals surface area contributed by atoms with Crippen LogP contribution in [-0.4, -0.2) is 143 Å². The lowest BCUT2D eigenvalue weighted by Gasteiger charge is -2.46. The largest absolute Gasteiger partial charge is 0.481 e. The molecule has 0 aromatic heterocycles. The molecule has 3 aliphatic rings. The summed E-state index contributed by atoms with van der Waals surface area (Å²) in [6.45, 7) is 3.22. The first-order chi connectivity index (χ1) is 20.6. The number of carboxylic acids is 1. The summed E-state index contributed by atoms with van der Waals surface area (Å²) in [5.41, 5.74) is 11.6. The number of nitrogens with one attached hydrogen (secondary N) is 3. The third kappa shape index (κ3) is 8.58. The summed E-state index contributed by atoms with van der Waals surface area (Å²) in [4.78, 5) is 59.9. The van der Waals surface area contributed by atoms with E-state index in [2.05, 4.69) is 16.0 Å². The zero-order chi connectivity index (χ0) is 32.9. The van der Waals surface area contributed by atoms with Crippen LogP contribution < -0.4 is 27.4 Å². The third-order valence-corrected chi connectivity index (χ3v) is 7.45. The lowest BCUT2D eigenvalue weighted by molar-refractivity contribution is -0.312. The molecule has 19 heteroatoms. The smallest absolute Gasteiger partial charge is 0.303 e. The van der Waals surface area contributed by atoms with E-state index in [9.17, 15) is 39.3 Å². The van der Waals surface area contributed by atoms with Gasteiger partial charge in [0, 0.05) is 13.3 Å². The number of aliphatic hydroxyl groups is 3. The fourth-order valence-corrected chi connectivity index (χ4v) is 5.02. The number of aliphatic hydroxyl groups excluding tert-OH is 3. The van der Waals surface area contributed by atoms with Crippen molar-refractivity contribution in [2.24, 2.45) is 11.5 Å². The van der Waals surface area contributed by atoms with Gasteiger partial charge in [0.2, 0.25) is 23.6 Å². The molecule has 0 aromatic rings. The molecule has 0 aliphatic carbocycles. The minimum absolute atomic E-state index is 0.00964. The van der Waals surface area contributed by atoms with Gasteiger partial charge in [-0.05, 0) is 20.3 Å². The van der Waals surface area contributed by atoms with Gasteiger partial charge in [-0.1, -0.05) is 0 Å². The van der Waals surface area contributed by atoms with Gasteiger partial charge in [-0.2, -0.15) is 0 Å². The Balaban J connectivity index is 1.70. The first kappa shape index (κ1) is 35.5. The second-order valence-electron chi connectivity index (χ2n) is 10.9. The molecule has 13 atom stereocenters. The van der Waals surface area contributed by atoms with Gasteiger partial charge in [-0.15, -0.1) is 0 Å². The molecule has 3 saturated heterocycles. The number of fused-ring (bicyclic) bond motifs is 2. The number of carbonyl (C=O) groups excluding carboxylic acids is 4. The maximum atomic E-state index is 13.0. The van der Waals surface area contributed by atoms with Crippen molar-refractivity contribution in [1.29, 1.82) is 0 Å². The molecule has 0 spiro atoms. The quantitative estimate of drug-likeness (QED) is 0.0860. The highest BCUT2D eigenvalue weighted by molar-refractivity contribution is 5.92. The normalized spacial score (nSPS) is 35.2. The molecule has 2 bridgehead atoms. The SMILES string of the molecule is CC(=O)NC1C(OC2C3COC(O3)C(N)C2OC(C)C(=O)NC(C)C(=O)NC(CCC(=O)O)C(N)=O)OC(CO)C(O)C1O. The van der Waals surface area contributed by atoms with Gasteiger partial charge in [-0.25, -0.2) is 0 Å². The van der Waals surface area contributed by atoms with Crippen LogP contribution in [0.5, 0.6) is 0 Å². The number of amides is 4. The molecule has 13 unspecified atom stereocenters. The summed E-state index contributed by atoms with van der Waals surface area (Å²) >= 11 is 0. The first-order valence-electron chi connectivity index (χ1n) is 14.0. The Morgan fingerprint density at radius 2 is 1.70 bits per heavy atom. The Morgan fingerprint density at radius 3 is 2.30 bits per heavy atom. The predicted molar refractivity (Wildman–Crippen MR) is 143 cm³/mol. The second kappa shape index (κ2) is 15.3. The maximum Gasteiger partial charge on any atom is 0.303 e. The molecule has 3 heterocycles. The fraction of sp³-hybridized carbons (Fsp3) is 0.800. The summed E-state index contributed by atoms with van der Waals surface area (Å²) in [7, 11) is 0. The number of rotatable bonds is 14. The standard InChI is InChI=1S/C25H41N5O14/c1-8(22(38)30-11(21(27)37)4-5-14(33)34)28-23(39)9(2)41-20-15(26)24-40-7-13(43-24)19(20)44-25-16(29-10(3)32)18(36)17(35)12(6-31)42-25/h8-9,11-13,15-20,24-25,31,35-36H,4-7,26H2,1-3H3,(H2,27,37)(H,28,39)(H,29,32)(H,30,38)(H,33,34). The number of hydrogen-bond acceptors (Lipinski definition) is 14. The van der Waals surface area contributed by atoms with E-state index in [1.54, 1.807) is 0 Å². The first-order valence-corrected chi connectivity index (χ1v) is 14.0. The third-order valence-electron chi connectivity index (χ3n) is 7.45. The highest BCUT2D eigenvalue weighted by atomic mass is 16.8. The van der Waals surface area contributed by atoms with Crippen LogP contribution in [0.4, 0.5) is 0 Å². The van der Waals surface area contributed by atoms with Crippen molar-refractivity contribution in [3.63, 3.8) is 0 Å². The number of hydrogen-bond donors (Lipinski definition) is 9. The van der Waals surface area contributed by atoms with Crippen molar-refractivity contribution in [2.45, 2.75) is 113 Å². The van der Waals surface area contributed by atoms with Gasteiger partial charge < -0.3 is 71.5 Å². The molecule has 19 nitrogen and oxygen atoms in total. The summed E-state index contributed by atoms with van der Waals surface area (Å²) in [5, 5.41) is 46.6. The Hall–Kier alpha value is -3.01. The Labute approximate surface area is 251 Å². The Kier molecular flexibility index (Phi) is 12.4.